The molecule has 21 atom stereocenters. The zero-order valence-corrected chi connectivity index (χ0v) is 76.6. The number of hydrogen-bond acceptors (Lipinski definition) is 34. The number of amides is 1. The maximum Gasteiger partial charge on any atom is 0.472 e. The smallest absolute Gasteiger partial charge is 0.390 e. The van der Waals surface area contributed by atoms with Crippen LogP contribution in [0.2, 0.25) is 0 Å². The third kappa shape index (κ3) is 24.4. The third-order valence-electron chi connectivity index (χ3n) is 23.0. The Hall–Kier alpha value is -8.85. The number of carbonyl (C=O) groups excluding carboxylic acids is 1. The molecule has 14 N–H and O–H groups in total. The molecule has 1 aliphatic carbocycles. The molecule has 5 unspecified atom stereocenters. The topological polar surface area (TPSA) is 675 Å². The van der Waals surface area contributed by atoms with Crippen LogP contribution in [0.25, 0.3) is 0 Å². The highest BCUT2D eigenvalue weighted by atomic mass is 32.2. The molecule has 55 heteroatoms. The van der Waals surface area contributed by atoms with Crippen LogP contribution in [0.4, 0.5) is 0 Å². The molecular formula is C78H97N12O37P5S. The van der Waals surface area contributed by atoms with E-state index in [1.807, 2.05) is 91.0 Å². The van der Waals surface area contributed by atoms with Crippen LogP contribution in [0.5, 0.6) is 0 Å². The third-order valence-corrected chi connectivity index (χ3v) is 29.7. The molecule has 133 heavy (non-hydrogen) atoms. The Balaban J connectivity index is 0.627. The summed E-state index contributed by atoms with van der Waals surface area (Å²) in [4.78, 5) is 209. The van der Waals surface area contributed by atoms with Crippen molar-refractivity contribution in [2.24, 2.45) is 5.73 Å². The monoisotopic (exact) mass is 1980 g/mol. The minimum atomic E-state index is -5.70. The van der Waals surface area contributed by atoms with E-state index in [1.165, 1.54) is 52.6 Å². The van der Waals surface area contributed by atoms with Crippen molar-refractivity contribution in [2.45, 2.75) is 208 Å². The van der Waals surface area contributed by atoms with E-state index < -0.39 is 275 Å². The molecule has 6 fully saturated rings. The largest absolute Gasteiger partial charge is 0.472 e. The molecule has 5 aliphatic heterocycles. The number of aliphatic hydroxyl groups is 1. The average molecular weight is 1980 g/mol. The van der Waals surface area contributed by atoms with E-state index in [-0.39, 0.29) is 65.7 Å². The van der Waals surface area contributed by atoms with Crippen LogP contribution >= 0.6 is 50.9 Å². The molecule has 1 saturated carbocycles. The molecule has 5 aromatic heterocycles. The van der Waals surface area contributed by atoms with E-state index >= 15 is 0 Å². The zero-order valence-electron chi connectivity index (χ0n) is 71.3. The van der Waals surface area contributed by atoms with E-state index in [9.17, 15) is 105 Å². The Morgan fingerprint density at radius 3 is 0.932 bits per heavy atom. The highest BCUT2D eigenvalue weighted by Gasteiger charge is 2.51. The first-order valence-electron chi connectivity index (χ1n) is 41.6. The van der Waals surface area contributed by atoms with Gasteiger partial charge in [0.15, 0.2) is 0 Å². The molecule has 6 aliphatic rings. The molecule has 5 saturated heterocycles. The van der Waals surface area contributed by atoms with Gasteiger partial charge >= 0.3 is 67.6 Å². The van der Waals surface area contributed by atoms with Crippen molar-refractivity contribution in [3.05, 3.63) is 271 Å². The molecule has 0 radical (unpaired) electrons. The first-order chi connectivity index (χ1) is 62.9. The molecule has 3 aromatic carbocycles. The van der Waals surface area contributed by atoms with Gasteiger partial charge in [-0.2, -0.15) is 0 Å². The maximum atomic E-state index is 14.4. The number of phosphoric acid groups is 5. The quantitative estimate of drug-likeness (QED) is 0.0195. The number of nitrogens with one attached hydrogen (secondary N) is 6. The normalized spacial score (nSPS) is 27.6. The number of thioether (sulfide) groups is 1. The van der Waals surface area contributed by atoms with Crippen LogP contribution in [0.1, 0.15) is 133 Å². The number of aryl methyl sites for hydroxylation is 5. The number of aromatic amines is 5. The van der Waals surface area contributed by atoms with Crippen molar-refractivity contribution in [3.63, 3.8) is 0 Å². The Kier molecular flexibility index (Phi) is 31.3. The van der Waals surface area contributed by atoms with Gasteiger partial charge in [-0.3, -0.25) is 122 Å². The number of nitrogens with two attached hydrogens (primary N) is 1. The van der Waals surface area contributed by atoms with Crippen LogP contribution in [-0.4, -0.2) is 201 Å². The summed E-state index contributed by atoms with van der Waals surface area (Å²) in [5.41, 5.74) is 0.480. The number of benzene rings is 3. The molecule has 1 amide bonds. The van der Waals surface area contributed by atoms with Gasteiger partial charge in [0.2, 0.25) is 5.91 Å². The van der Waals surface area contributed by atoms with Gasteiger partial charge in [-0.1, -0.05) is 91.0 Å². The minimum absolute atomic E-state index is 0.00461. The summed E-state index contributed by atoms with van der Waals surface area (Å²) in [7, 11) is -27.5. The minimum Gasteiger partial charge on any atom is -0.390 e. The number of phosphoric ester groups is 5. The lowest BCUT2D eigenvalue weighted by atomic mass is 9.84. The first kappa shape index (κ1) is 100. The lowest BCUT2D eigenvalue weighted by Crippen LogP contribution is -2.48. The van der Waals surface area contributed by atoms with Crippen molar-refractivity contribution < 1.29 is 126 Å². The van der Waals surface area contributed by atoms with Crippen molar-refractivity contribution in [1.29, 1.82) is 0 Å². The molecule has 8 aromatic rings. The van der Waals surface area contributed by atoms with Gasteiger partial charge in [-0.25, -0.2) is 46.8 Å². The van der Waals surface area contributed by atoms with Gasteiger partial charge in [0.25, 0.3) is 27.8 Å². The zero-order chi connectivity index (χ0) is 95.6. The summed E-state index contributed by atoms with van der Waals surface area (Å²) in [6.45, 7) is 1.38. The summed E-state index contributed by atoms with van der Waals surface area (Å²) in [5, 5.41) is 13.9. The van der Waals surface area contributed by atoms with Gasteiger partial charge in [0.05, 0.1) is 56.0 Å². The van der Waals surface area contributed by atoms with Crippen LogP contribution in [0, 0.1) is 34.6 Å². The second-order valence-electron chi connectivity index (χ2n) is 32.5. The van der Waals surface area contributed by atoms with E-state index in [4.69, 9.17) is 74.7 Å². The number of aliphatic hydroxyl groups excluding tert-OH is 1. The highest BCUT2D eigenvalue weighted by molar-refractivity contribution is 8.00. The van der Waals surface area contributed by atoms with Gasteiger partial charge < -0.3 is 64.3 Å². The molecule has 722 valence electrons. The van der Waals surface area contributed by atoms with Crippen molar-refractivity contribution >= 4 is 56.8 Å². The Morgan fingerprint density at radius 1 is 0.406 bits per heavy atom. The molecule has 0 bridgehead atoms. The predicted octanol–water partition coefficient (Wildman–Crippen LogP) is 2.70. The molecule has 14 rings (SSSR count). The predicted molar refractivity (Wildman–Crippen MR) is 462 cm³/mol. The van der Waals surface area contributed by atoms with Crippen LogP contribution in [0.3, 0.4) is 0 Å². The number of nitrogens with zero attached hydrogens (tertiary/aromatic N) is 5. The fraction of sp³-hybridized carbons (Fsp3) is 0.500. The summed E-state index contributed by atoms with van der Waals surface area (Å²) in [5.74, 6) is -0.229. The van der Waals surface area contributed by atoms with Gasteiger partial charge in [-0.05, 0) is 77.0 Å². The SMILES string of the molecule is Cc1cn([C@H]2C[C@H](OP(=O)(O)OC[C@H]3O[C@@H](n4cc(C)c(=O)[nH]c4=O)C[C@@H]3OP(=O)(O)OC[C@H]3O[C@@H](n4cc(C)c(=O)[nH]c4=O)C[C@@H]3OP(=O)(O)OC[C@H]3O[C@@H](n4cc(C)c(=O)[nH]c4=O)C[C@@H]3OP(=O)(O)OC[C@H]3O[C@@H](n4cc(C)c(=O)[nH]c4=O)C[C@@H]3O)[C@@H](COP(=O)(O)OC3CCC(NC(=O)[C@@H](N)CSC(c4ccccc4)(c4ccccc4)c4ccccc4)CC3)O2)c(=O)[nH]c1=O. The average Bonchev–Trinajstić information content (AvgIpc) is 1.66. The Bertz CT molecular complexity index is 6370. The van der Waals surface area contributed by atoms with Crippen molar-refractivity contribution in [3.8, 4) is 0 Å². The number of ether oxygens (including phenoxy) is 5. The van der Waals surface area contributed by atoms with E-state index in [1.54, 1.807) is 0 Å². The molecule has 49 nitrogen and oxygen atoms in total. The number of aromatic nitrogens is 10. The second-order valence-corrected chi connectivity index (χ2v) is 40.7. The molecule has 10 heterocycles. The van der Waals surface area contributed by atoms with E-state index in [0.717, 1.165) is 64.3 Å². The van der Waals surface area contributed by atoms with E-state index in [2.05, 4.69) is 30.2 Å². The summed E-state index contributed by atoms with van der Waals surface area (Å²) in [6, 6.07) is 28.2. The maximum absolute atomic E-state index is 14.4. The highest BCUT2D eigenvalue weighted by Crippen LogP contribution is 2.57. The number of H-pyrrole nitrogens is 5. The first-order valence-corrected chi connectivity index (χ1v) is 50.0. The number of hydrogen-bond donors (Lipinski definition) is 13. The number of carbonyl (C=O) groups is 1. The number of rotatable bonds is 38. The fourth-order valence-corrected chi connectivity index (χ4v) is 22.4. The van der Waals surface area contributed by atoms with Crippen LogP contribution in [0.15, 0.2) is 170 Å². The van der Waals surface area contributed by atoms with E-state index in [0.29, 0.717) is 0 Å². The Labute approximate surface area is 755 Å². The van der Waals surface area contributed by atoms with Crippen LogP contribution in [-0.2, 0) is 101 Å². The van der Waals surface area contributed by atoms with Crippen LogP contribution < -0.4 is 67.3 Å². The van der Waals surface area contributed by atoms with Gasteiger partial charge in [0.1, 0.15) is 86.1 Å². The lowest BCUT2D eigenvalue weighted by molar-refractivity contribution is -0.123. The Morgan fingerprint density at radius 2 is 0.654 bits per heavy atom. The molecular weight excluding hydrogens is 1880 g/mol. The van der Waals surface area contributed by atoms with Crippen molar-refractivity contribution in [2.75, 3.05) is 38.8 Å². The lowest BCUT2D eigenvalue weighted by Gasteiger charge is -2.36. The summed E-state index contributed by atoms with van der Waals surface area (Å²) in [6.07, 6.45) is -21.7. The van der Waals surface area contributed by atoms with Gasteiger partial charge in [-0.15, -0.1) is 11.8 Å². The standard InChI is InChI=1S/C78H97N12O37P5S/c1-41-30-86(73(98)81-67(41)92)62-25-52(91)57(118-62)35-113-129(105,106)124-54-27-64(88-32-43(3)69(94)83-75(88)100)120-59(54)37-115-131(109,110)126-56-29-66(90-34-45(5)71(96)85-77(90)102)122-61(56)39-117-132(111,112)127-55-28-65(89-33-44(4)70(95)84-76(89)101)121-60(55)38-116-130(107,108)125-53-26-63(87-31-42(2)68(93)82-74(87)99)119-58(53)36-114-128(103,104)123-50-23-21-49(22-24-50)80-72(97)51(79)40-133-78(46-15-9-6-10-16-46,47-17-11-7-12-18-47)48-19-13-8-14-20-48/h6-20,30-34,49-66,91H,21-29,35-40,79H2,1-5H3,(H,80,97)(H,103,104)(H,105,106)(H,107,108)(H,109,110)(H,111,112)(H,81,92,98)(H,82,93,99)(H,83,94,100)(H,84,95,101)(H,85,96,102)/t49?,50?,51-,52-,53-,54-,55-,56-,57+,58+,59+,60+,61+,62+,63+,64+,65+,66+/m0/s1. The summed E-state index contributed by atoms with van der Waals surface area (Å²) < 4.78 is 159. The summed E-state index contributed by atoms with van der Waals surface area (Å²) >= 11 is 1.51. The van der Waals surface area contributed by atoms with Gasteiger partial charge in [0, 0.05) is 103 Å². The fourth-order valence-electron chi connectivity index (χ4n) is 16.1. The second kappa shape index (κ2) is 41.6. The molecule has 0 spiro atoms. The van der Waals surface area contributed by atoms with Crippen molar-refractivity contribution in [1.82, 2.24) is 53.1 Å².